The Morgan fingerprint density at radius 2 is 1.81 bits per heavy atom. The molecule has 42 heavy (non-hydrogen) atoms. The minimum atomic E-state index is -3.87. The number of amides is 2. The highest BCUT2D eigenvalue weighted by atomic mass is 32.2. The van der Waals surface area contributed by atoms with Gasteiger partial charge in [-0.15, -0.1) is 0 Å². The molecule has 0 saturated carbocycles. The molecule has 1 aliphatic heterocycles. The SMILES string of the molecule is C=Nc1cc(OC)c(OC)cc1/C(=N\C)Oc1ccc2c(C(=O)NC)c(Cc3ccc4c(c3)C(=O)NS4(=O)=O)oc2c1. The number of nitrogens with one attached hydrogen (secondary N) is 2. The Hall–Kier alpha value is -5.17. The van der Waals surface area contributed by atoms with Crippen molar-refractivity contribution in [3.8, 4) is 17.2 Å². The van der Waals surface area contributed by atoms with Gasteiger partial charge in [-0.05, 0) is 42.6 Å². The lowest BCUT2D eigenvalue weighted by molar-refractivity contribution is 0.0959. The highest BCUT2D eigenvalue weighted by Crippen LogP contribution is 2.36. The van der Waals surface area contributed by atoms with Crippen LogP contribution in [0.2, 0.25) is 0 Å². The van der Waals surface area contributed by atoms with Crippen molar-refractivity contribution >= 4 is 51.1 Å². The number of furan rings is 1. The van der Waals surface area contributed by atoms with Gasteiger partial charge in [0.15, 0.2) is 11.5 Å². The Bertz CT molecular complexity index is 1910. The van der Waals surface area contributed by atoms with Gasteiger partial charge in [-0.25, -0.2) is 13.1 Å². The molecule has 4 aromatic rings. The highest BCUT2D eigenvalue weighted by molar-refractivity contribution is 7.90. The third-order valence-electron chi connectivity index (χ3n) is 6.68. The van der Waals surface area contributed by atoms with Gasteiger partial charge in [-0.3, -0.25) is 19.6 Å². The van der Waals surface area contributed by atoms with Crippen molar-refractivity contribution < 1.29 is 36.6 Å². The summed E-state index contributed by atoms with van der Waals surface area (Å²) in [5.41, 5.74) is 2.27. The molecule has 2 heterocycles. The molecule has 13 heteroatoms. The molecular formula is C29H26N4O8S. The van der Waals surface area contributed by atoms with Gasteiger partial charge in [0.1, 0.15) is 22.0 Å². The van der Waals surface area contributed by atoms with Gasteiger partial charge in [-0.1, -0.05) is 6.07 Å². The molecule has 2 amide bonds. The fourth-order valence-electron chi connectivity index (χ4n) is 4.71. The Morgan fingerprint density at radius 1 is 1.07 bits per heavy atom. The van der Waals surface area contributed by atoms with Gasteiger partial charge < -0.3 is 23.9 Å². The Morgan fingerprint density at radius 3 is 2.48 bits per heavy atom. The lowest BCUT2D eigenvalue weighted by Crippen LogP contribution is -2.20. The van der Waals surface area contributed by atoms with Crippen LogP contribution < -0.4 is 24.2 Å². The minimum Gasteiger partial charge on any atom is -0.493 e. The van der Waals surface area contributed by atoms with Crippen molar-refractivity contribution in [2.75, 3.05) is 28.3 Å². The van der Waals surface area contributed by atoms with Crippen LogP contribution in [0.15, 0.2) is 67.8 Å². The van der Waals surface area contributed by atoms with Crippen LogP contribution in [0, 0.1) is 0 Å². The maximum atomic E-state index is 12.9. The van der Waals surface area contributed by atoms with Crippen LogP contribution in [-0.2, 0) is 16.4 Å². The van der Waals surface area contributed by atoms with E-state index < -0.39 is 15.9 Å². The topological polar surface area (TPSA) is 158 Å². The molecule has 0 spiro atoms. The first-order valence-corrected chi connectivity index (χ1v) is 14.0. The first-order valence-electron chi connectivity index (χ1n) is 12.5. The van der Waals surface area contributed by atoms with Gasteiger partial charge in [0, 0.05) is 38.0 Å². The summed E-state index contributed by atoms with van der Waals surface area (Å²) in [7, 11) is 2.22. The normalized spacial score (nSPS) is 13.8. The summed E-state index contributed by atoms with van der Waals surface area (Å²) in [5, 5.41) is 3.16. The third kappa shape index (κ3) is 4.94. The molecule has 0 radical (unpaired) electrons. The number of ether oxygens (including phenoxy) is 3. The van der Waals surface area contributed by atoms with E-state index in [2.05, 4.69) is 22.0 Å². The fraction of sp³-hybridized carbons (Fsp3) is 0.172. The summed E-state index contributed by atoms with van der Waals surface area (Å²) in [5.74, 6) is 0.761. The number of rotatable bonds is 8. The van der Waals surface area contributed by atoms with E-state index in [1.807, 2.05) is 4.72 Å². The van der Waals surface area contributed by atoms with Crippen LogP contribution in [-0.4, -0.2) is 61.2 Å². The first-order chi connectivity index (χ1) is 20.1. The third-order valence-corrected chi connectivity index (χ3v) is 8.07. The van der Waals surface area contributed by atoms with E-state index in [0.29, 0.717) is 56.4 Å². The van der Waals surface area contributed by atoms with Crippen LogP contribution in [0.25, 0.3) is 11.0 Å². The number of fused-ring (bicyclic) bond motifs is 2. The van der Waals surface area contributed by atoms with Gasteiger partial charge in [0.25, 0.3) is 21.8 Å². The average molecular weight is 591 g/mol. The van der Waals surface area contributed by atoms with Crippen LogP contribution in [0.3, 0.4) is 0 Å². The Kier molecular flexibility index (Phi) is 7.44. The quantitative estimate of drug-likeness (QED) is 0.233. The van der Waals surface area contributed by atoms with Crippen molar-refractivity contribution in [3.05, 3.63) is 76.5 Å². The predicted molar refractivity (Wildman–Crippen MR) is 155 cm³/mol. The second kappa shape index (κ2) is 11.0. The highest BCUT2D eigenvalue weighted by Gasteiger charge is 2.32. The maximum Gasteiger partial charge on any atom is 0.266 e. The molecule has 0 atom stereocenters. The fourth-order valence-corrected chi connectivity index (χ4v) is 5.86. The van der Waals surface area contributed by atoms with Gasteiger partial charge in [-0.2, -0.15) is 0 Å². The largest absolute Gasteiger partial charge is 0.493 e. The molecule has 216 valence electrons. The summed E-state index contributed by atoms with van der Waals surface area (Å²) < 4.78 is 49.2. The number of methoxy groups -OCH3 is 2. The molecule has 0 unspecified atom stereocenters. The van der Waals surface area contributed by atoms with Crippen LogP contribution >= 0.6 is 0 Å². The van der Waals surface area contributed by atoms with Crippen molar-refractivity contribution in [1.29, 1.82) is 0 Å². The van der Waals surface area contributed by atoms with E-state index in [1.54, 1.807) is 43.4 Å². The molecular weight excluding hydrogens is 564 g/mol. The average Bonchev–Trinajstić information content (AvgIpc) is 3.46. The van der Waals surface area contributed by atoms with Crippen molar-refractivity contribution in [1.82, 2.24) is 10.0 Å². The molecule has 2 N–H and O–H groups in total. The van der Waals surface area contributed by atoms with Gasteiger partial charge in [0.05, 0.1) is 36.6 Å². The van der Waals surface area contributed by atoms with E-state index in [-0.39, 0.29) is 28.7 Å². The second-order valence-corrected chi connectivity index (χ2v) is 10.7. The molecule has 0 aliphatic carbocycles. The van der Waals surface area contributed by atoms with E-state index in [1.165, 1.54) is 33.4 Å². The van der Waals surface area contributed by atoms with Gasteiger partial charge in [0.2, 0.25) is 5.90 Å². The Labute approximate surface area is 241 Å². The number of carbonyl (C=O) groups excluding carboxylic acids is 2. The summed E-state index contributed by atoms with van der Waals surface area (Å²) in [4.78, 5) is 33.3. The number of hydrogen-bond acceptors (Lipinski definition) is 10. The molecule has 0 bridgehead atoms. The lowest BCUT2D eigenvalue weighted by atomic mass is 10.0. The zero-order chi connectivity index (χ0) is 30.2. The van der Waals surface area contributed by atoms with E-state index in [4.69, 9.17) is 18.6 Å². The summed E-state index contributed by atoms with van der Waals surface area (Å²) >= 11 is 0. The van der Waals surface area contributed by atoms with Crippen molar-refractivity contribution in [3.63, 3.8) is 0 Å². The summed E-state index contributed by atoms with van der Waals surface area (Å²) in [6, 6.07) is 12.7. The maximum absolute atomic E-state index is 12.9. The lowest BCUT2D eigenvalue weighted by Gasteiger charge is -2.14. The molecule has 0 fully saturated rings. The zero-order valence-corrected chi connectivity index (χ0v) is 23.9. The molecule has 3 aromatic carbocycles. The van der Waals surface area contributed by atoms with Crippen LogP contribution in [0.5, 0.6) is 17.2 Å². The molecule has 12 nitrogen and oxygen atoms in total. The standard InChI is InChI=1S/C29H26N4O8S/c1-30-20-14-23(39-5)22(38-4)13-18(20)29(32-3)40-16-7-8-17-21(12-16)41-24(26(17)28(35)31-2)11-15-6-9-25-19(10-15)27(34)33-42(25,36)37/h6-10,12-14H,1,11H2,2-5H3,(H,31,35)(H,33,34)/b32-29+. The summed E-state index contributed by atoms with van der Waals surface area (Å²) in [6.07, 6.45) is 0.121. The van der Waals surface area contributed by atoms with Crippen LogP contribution in [0.1, 0.15) is 37.6 Å². The monoisotopic (exact) mass is 590 g/mol. The molecule has 0 saturated heterocycles. The van der Waals surface area contributed by atoms with E-state index >= 15 is 0 Å². The first kappa shape index (κ1) is 28.4. The number of nitrogens with zero attached hydrogens (tertiary/aromatic N) is 2. The molecule has 5 rings (SSSR count). The smallest absolute Gasteiger partial charge is 0.266 e. The zero-order valence-electron chi connectivity index (χ0n) is 23.1. The van der Waals surface area contributed by atoms with E-state index in [0.717, 1.165) is 0 Å². The predicted octanol–water partition coefficient (Wildman–Crippen LogP) is 3.62. The number of benzene rings is 3. The van der Waals surface area contributed by atoms with Crippen LogP contribution in [0.4, 0.5) is 5.69 Å². The second-order valence-electron chi connectivity index (χ2n) is 9.09. The number of hydrogen-bond donors (Lipinski definition) is 2. The number of aliphatic imine (C=N–C) groups is 2. The molecule has 1 aliphatic rings. The minimum absolute atomic E-state index is 0.0377. The van der Waals surface area contributed by atoms with Crippen molar-refractivity contribution in [2.24, 2.45) is 9.98 Å². The van der Waals surface area contributed by atoms with Gasteiger partial charge >= 0.3 is 0 Å². The molecule has 1 aromatic heterocycles. The number of sulfonamides is 1. The number of carbonyl (C=O) groups is 2. The van der Waals surface area contributed by atoms with Crippen molar-refractivity contribution in [2.45, 2.75) is 11.3 Å². The Balaban J connectivity index is 1.52. The van der Waals surface area contributed by atoms with E-state index in [9.17, 15) is 18.0 Å². The summed E-state index contributed by atoms with van der Waals surface area (Å²) in [6.45, 7) is 3.63.